The summed E-state index contributed by atoms with van der Waals surface area (Å²) in [6, 6.07) is 3.89. The molecule has 3 aromatic heterocycles. The van der Waals surface area contributed by atoms with Gasteiger partial charge in [0.1, 0.15) is 17.0 Å². The minimum atomic E-state index is -0.132. The molecule has 0 spiro atoms. The Morgan fingerprint density at radius 3 is 2.80 bits per heavy atom. The van der Waals surface area contributed by atoms with Crippen molar-refractivity contribution < 1.29 is 9.15 Å². The number of furan rings is 1. The van der Waals surface area contributed by atoms with Gasteiger partial charge in [-0.1, -0.05) is 0 Å². The van der Waals surface area contributed by atoms with Gasteiger partial charge in [0.05, 0.1) is 31.8 Å². The Morgan fingerprint density at radius 1 is 1.28 bits per heavy atom. The largest absolute Gasteiger partial charge is 0.465 e. The van der Waals surface area contributed by atoms with E-state index in [4.69, 9.17) is 9.15 Å². The summed E-state index contributed by atoms with van der Waals surface area (Å²) in [6.45, 7) is 5.36. The molecule has 0 amide bonds. The summed E-state index contributed by atoms with van der Waals surface area (Å²) in [5.74, 6) is 1.71. The van der Waals surface area contributed by atoms with Crippen molar-refractivity contribution >= 4 is 11.0 Å². The van der Waals surface area contributed by atoms with E-state index in [0.29, 0.717) is 30.8 Å². The van der Waals surface area contributed by atoms with Crippen molar-refractivity contribution in [2.45, 2.75) is 19.5 Å². The maximum atomic E-state index is 12.8. The highest BCUT2D eigenvalue weighted by Gasteiger charge is 2.26. The summed E-state index contributed by atoms with van der Waals surface area (Å²) in [5, 5.41) is 4.23. The molecule has 1 atom stereocenters. The average Bonchev–Trinajstić information content (AvgIpc) is 3.21. The molecule has 1 aliphatic rings. The lowest BCUT2D eigenvalue weighted by atomic mass is 10.1. The zero-order chi connectivity index (χ0) is 17.4. The molecule has 1 saturated heterocycles. The van der Waals surface area contributed by atoms with E-state index < -0.39 is 0 Å². The number of hydrogen-bond acceptors (Lipinski definition) is 6. The van der Waals surface area contributed by atoms with E-state index in [-0.39, 0.29) is 11.6 Å². The van der Waals surface area contributed by atoms with Gasteiger partial charge in [-0.05, 0) is 19.1 Å². The third-order valence-corrected chi connectivity index (χ3v) is 4.55. The molecule has 0 radical (unpaired) electrons. The lowest BCUT2D eigenvalue weighted by Crippen LogP contribution is -2.41. The second-order valence-corrected chi connectivity index (χ2v) is 6.35. The first-order valence-electron chi connectivity index (χ1n) is 8.39. The minimum Gasteiger partial charge on any atom is -0.465 e. The molecule has 0 saturated carbocycles. The van der Waals surface area contributed by atoms with Crippen molar-refractivity contribution in [2.24, 2.45) is 7.05 Å². The van der Waals surface area contributed by atoms with Crippen molar-refractivity contribution in [3.63, 3.8) is 0 Å². The summed E-state index contributed by atoms with van der Waals surface area (Å²) in [4.78, 5) is 19.4. The molecule has 0 aliphatic carbocycles. The van der Waals surface area contributed by atoms with Gasteiger partial charge >= 0.3 is 0 Å². The van der Waals surface area contributed by atoms with Crippen molar-refractivity contribution in [1.82, 2.24) is 24.2 Å². The van der Waals surface area contributed by atoms with Gasteiger partial charge < -0.3 is 9.15 Å². The van der Waals surface area contributed by atoms with E-state index in [0.717, 1.165) is 24.6 Å². The van der Waals surface area contributed by atoms with E-state index in [2.05, 4.69) is 15.0 Å². The summed E-state index contributed by atoms with van der Waals surface area (Å²) in [5.41, 5.74) is 0.869. The van der Waals surface area contributed by atoms with E-state index in [1.807, 2.05) is 19.1 Å². The fraction of sp³-hybridized carbons (Fsp3) is 0.471. The number of aromatic nitrogens is 4. The zero-order valence-electron chi connectivity index (χ0n) is 14.4. The topological polar surface area (TPSA) is 78.3 Å². The first kappa shape index (κ1) is 16.0. The molecular weight excluding hydrogens is 322 g/mol. The average molecular weight is 343 g/mol. The Kier molecular flexibility index (Phi) is 4.14. The fourth-order valence-corrected chi connectivity index (χ4v) is 3.27. The van der Waals surface area contributed by atoms with Gasteiger partial charge in [0.2, 0.25) is 0 Å². The van der Waals surface area contributed by atoms with Crippen molar-refractivity contribution in [1.29, 1.82) is 0 Å². The van der Waals surface area contributed by atoms with Gasteiger partial charge in [-0.3, -0.25) is 18.9 Å². The lowest BCUT2D eigenvalue weighted by molar-refractivity contribution is 0.00710. The van der Waals surface area contributed by atoms with Crippen LogP contribution in [0.15, 0.2) is 33.9 Å². The Bertz CT molecular complexity index is 935. The van der Waals surface area contributed by atoms with Crippen molar-refractivity contribution in [3.05, 3.63) is 46.5 Å². The Morgan fingerprint density at radius 2 is 2.08 bits per heavy atom. The third kappa shape index (κ3) is 3.10. The van der Waals surface area contributed by atoms with Crippen LogP contribution in [0.5, 0.6) is 0 Å². The van der Waals surface area contributed by atoms with Crippen LogP contribution in [-0.2, 0) is 18.3 Å². The van der Waals surface area contributed by atoms with Crippen LogP contribution in [0.1, 0.15) is 17.6 Å². The molecule has 8 nitrogen and oxygen atoms in total. The summed E-state index contributed by atoms with van der Waals surface area (Å²) in [7, 11) is 1.79. The van der Waals surface area contributed by atoms with Gasteiger partial charge in [0.15, 0.2) is 5.52 Å². The van der Waals surface area contributed by atoms with Crippen LogP contribution in [0.3, 0.4) is 0 Å². The molecule has 1 fully saturated rings. The standard InChI is InChI=1S/C17H21N5O3/c1-12-3-4-15(25-12)14(21-5-7-24-8-6-21)10-22-11-18-13-9-20(2)19-16(13)17(22)23/h3-4,9,11,14H,5-8,10H2,1-2H3/t14-/m1/s1. The van der Waals surface area contributed by atoms with E-state index in [9.17, 15) is 4.79 Å². The highest BCUT2D eigenvalue weighted by Crippen LogP contribution is 2.25. The molecule has 8 heteroatoms. The predicted octanol–water partition coefficient (Wildman–Crippen LogP) is 1.10. The Balaban J connectivity index is 1.70. The van der Waals surface area contributed by atoms with Crippen LogP contribution in [0.4, 0.5) is 0 Å². The summed E-state index contributed by atoms with van der Waals surface area (Å²) < 4.78 is 14.6. The van der Waals surface area contributed by atoms with Crippen LogP contribution < -0.4 is 5.56 Å². The van der Waals surface area contributed by atoms with Crippen LogP contribution in [-0.4, -0.2) is 50.5 Å². The molecule has 0 N–H and O–H groups in total. The van der Waals surface area contributed by atoms with Crippen molar-refractivity contribution in [2.75, 3.05) is 26.3 Å². The molecule has 25 heavy (non-hydrogen) atoms. The van der Waals surface area contributed by atoms with E-state index in [1.54, 1.807) is 28.8 Å². The molecule has 4 heterocycles. The number of fused-ring (bicyclic) bond motifs is 1. The summed E-state index contributed by atoms with van der Waals surface area (Å²) >= 11 is 0. The molecule has 0 unspecified atom stereocenters. The number of nitrogens with zero attached hydrogens (tertiary/aromatic N) is 5. The number of hydrogen-bond donors (Lipinski definition) is 0. The molecular formula is C17H21N5O3. The highest BCUT2D eigenvalue weighted by molar-refractivity contribution is 5.71. The first-order valence-corrected chi connectivity index (χ1v) is 8.39. The van der Waals surface area contributed by atoms with E-state index >= 15 is 0 Å². The van der Waals surface area contributed by atoms with Crippen molar-refractivity contribution in [3.8, 4) is 0 Å². The van der Waals surface area contributed by atoms with Gasteiger partial charge in [0.25, 0.3) is 5.56 Å². The second kappa shape index (κ2) is 6.45. The fourth-order valence-electron chi connectivity index (χ4n) is 3.27. The molecule has 3 aromatic rings. The van der Waals surface area contributed by atoms with Crippen LogP contribution in [0.25, 0.3) is 11.0 Å². The van der Waals surface area contributed by atoms with Gasteiger partial charge in [-0.2, -0.15) is 5.10 Å². The highest BCUT2D eigenvalue weighted by atomic mass is 16.5. The normalized spacial score (nSPS) is 17.2. The van der Waals surface area contributed by atoms with Crippen LogP contribution >= 0.6 is 0 Å². The first-order chi connectivity index (χ1) is 12.1. The molecule has 0 bridgehead atoms. The zero-order valence-corrected chi connectivity index (χ0v) is 14.4. The number of ether oxygens (including phenoxy) is 1. The smallest absolute Gasteiger partial charge is 0.281 e. The maximum absolute atomic E-state index is 12.8. The predicted molar refractivity (Wildman–Crippen MR) is 91.3 cm³/mol. The Hall–Kier alpha value is -2.45. The monoisotopic (exact) mass is 343 g/mol. The third-order valence-electron chi connectivity index (χ3n) is 4.55. The number of rotatable bonds is 4. The minimum absolute atomic E-state index is 0.0433. The molecule has 4 rings (SSSR count). The molecule has 0 aromatic carbocycles. The maximum Gasteiger partial charge on any atom is 0.281 e. The number of aryl methyl sites for hydroxylation is 2. The molecule has 132 valence electrons. The van der Waals surface area contributed by atoms with Gasteiger partial charge in [-0.15, -0.1) is 0 Å². The van der Waals surface area contributed by atoms with Crippen LogP contribution in [0, 0.1) is 6.92 Å². The van der Waals surface area contributed by atoms with Gasteiger partial charge in [-0.25, -0.2) is 4.98 Å². The van der Waals surface area contributed by atoms with Gasteiger partial charge in [0, 0.05) is 26.7 Å². The molecule has 1 aliphatic heterocycles. The quantitative estimate of drug-likeness (QED) is 0.706. The lowest BCUT2D eigenvalue weighted by Gasteiger charge is -2.33. The SMILES string of the molecule is Cc1ccc([C@@H](Cn2cnc3cn(C)nc3c2=O)N2CCOCC2)o1. The van der Waals surface area contributed by atoms with E-state index in [1.165, 1.54) is 0 Å². The van der Waals surface area contributed by atoms with Crippen LogP contribution in [0.2, 0.25) is 0 Å². The number of morpholine rings is 1. The second-order valence-electron chi connectivity index (χ2n) is 6.35. The Labute approximate surface area is 144 Å². The summed E-state index contributed by atoms with van der Waals surface area (Å²) in [6.07, 6.45) is 3.34.